The molecule has 2 atom stereocenters. The molecular formula is C15H19ClN2O3. The van der Waals surface area contributed by atoms with Crippen molar-refractivity contribution in [2.24, 2.45) is 5.92 Å². The van der Waals surface area contributed by atoms with Gasteiger partial charge in [0.15, 0.2) is 5.76 Å². The third kappa shape index (κ3) is 3.05. The molecule has 1 fully saturated rings. The molecule has 21 heavy (non-hydrogen) atoms. The van der Waals surface area contributed by atoms with E-state index in [0.29, 0.717) is 18.8 Å². The van der Waals surface area contributed by atoms with Crippen LogP contribution in [0.3, 0.4) is 0 Å². The highest BCUT2D eigenvalue weighted by Crippen LogP contribution is 2.24. The van der Waals surface area contributed by atoms with Crippen molar-refractivity contribution in [3.8, 4) is 0 Å². The molecule has 0 aliphatic carbocycles. The number of carbonyl (C=O) groups excluding carboxylic acids is 1. The first-order valence-electron chi connectivity index (χ1n) is 6.82. The minimum absolute atomic E-state index is 0. The molecule has 0 radical (unpaired) electrons. The molecule has 0 spiro atoms. The summed E-state index contributed by atoms with van der Waals surface area (Å²) in [5, 5.41) is 16.6. The lowest BCUT2D eigenvalue weighted by Gasteiger charge is -2.13. The monoisotopic (exact) mass is 310 g/mol. The number of aliphatic hydroxyl groups is 1. The maximum atomic E-state index is 12.2. The number of hydrogen-bond donors (Lipinski definition) is 3. The van der Waals surface area contributed by atoms with E-state index in [1.165, 1.54) is 0 Å². The SMILES string of the molecule is Cc1c(C(=O)NCC2CNCC2O)oc2ccccc12.Cl. The normalized spacial score (nSPS) is 21.2. The van der Waals surface area contributed by atoms with E-state index in [4.69, 9.17) is 4.42 Å². The van der Waals surface area contributed by atoms with E-state index in [0.717, 1.165) is 23.1 Å². The molecule has 6 heteroatoms. The van der Waals surface area contributed by atoms with Crippen molar-refractivity contribution in [2.45, 2.75) is 13.0 Å². The second kappa shape index (κ2) is 6.47. The van der Waals surface area contributed by atoms with Crippen molar-refractivity contribution < 1.29 is 14.3 Å². The van der Waals surface area contributed by atoms with E-state index in [-0.39, 0.29) is 24.2 Å². The fourth-order valence-electron chi connectivity index (χ4n) is 2.62. The van der Waals surface area contributed by atoms with Gasteiger partial charge in [-0.1, -0.05) is 18.2 Å². The van der Waals surface area contributed by atoms with Crippen LogP contribution in [0.1, 0.15) is 16.1 Å². The Kier molecular flexibility index (Phi) is 4.88. The fraction of sp³-hybridized carbons (Fsp3) is 0.400. The predicted molar refractivity (Wildman–Crippen MR) is 82.9 cm³/mol. The Morgan fingerprint density at radius 2 is 2.19 bits per heavy atom. The van der Waals surface area contributed by atoms with Gasteiger partial charge in [-0.15, -0.1) is 12.4 Å². The molecule has 2 heterocycles. The minimum Gasteiger partial charge on any atom is -0.451 e. The van der Waals surface area contributed by atoms with Crippen LogP contribution in [0, 0.1) is 12.8 Å². The molecule has 0 saturated carbocycles. The van der Waals surface area contributed by atoms with Crippen molar-refractivity contribution in [3.63, 3.8) is 0 Å². The van der Waals surface area contributed by atoms with Crippen molar-refractivity contribution >= 4 is 29.3 Å². The van der Waals surface area contributed by atoms with Gasteiger partial charge in [-0.25, -0.2) is 0 Å². The first kappa shape index (κ1) is 15.8. The number of amides is 1. The lowest BCUT2D eigenvalue weighted by atomic mass is 10.1. The van der Waals surface area contributed by atoms with Crippen LogP contribution in [0.15, 0.2) is 28.7 Å². The quantitative estimate of drug-likeness (QED) is 0.802. The third-order valence-corrected chi connectivity index (χ3v) is 3.88. The largest absolute Gasteiger partial charge is 0.451 e. The van der Waals surface area contributed by atoms with Crippen LogP contribution in [0.5, 0.6) is 0 Å². The van der Waals surface area contributed by atoms with E-state index in [1.807, 2.05) is 31.2 Å². The van der Waals surface area contributed by atoms with Gasteiger partial charge >= 0.3 is 0 Å². The summed E-state index contributed by atoms with van der Waals surface area (Å²) in [6, 6.07) is 7.60. The molecule has 1 aliphatic heterocycles. The number of fused-ring (bicyclic) bond motifs is 1. The van der Waals surface area contributed by atoms with Crippen LogP contribution in [0.25, 0.3) is 11.0 Å². The van der Waals surface area contributed by atoms with Crippen molar-refractivity contribution in [2.75, 3.05) is 19.6 Å². The van der Waals surface area contributed by atoms with Crippen molar-refractivity contribution in [1.82, 2.24) is 10.6 Å². The Hall–Kier alpha value is -1.56. The molecule has 1 amide bonds. The number of halogens is 1. The summed E-state index contributed by atoms with van der Waals surface area (Å²) >= 11 is 0. The summed E-state index contributed by atoms with van der Waals surface area (Å²) in [7, 11) is 0. The summed E-state index contributed by atoms with van der Waals surface area (Å²) in [6.07, 6.45) is -0.396. The maximum absolute atomic E-state index is 12.2. The van der Waals surface area contributed by atoms with Gasteiger partial charge in [0.1, 0.15) is 5.58 Å². The Labute approximate surface area is 129 Å². The number of furan rings is 1. The van der Waals surface area contributed by atoms with E-state index in [2.05, 4.69) is 10.6 Å². The highest BCUT2D eigenvalue weighted by atomic mass is 35.5. The summed E-state index contributed by atoms with van der Waals surface area (Å²) in [6.45, 7) is 3.64. The van der Waals surface area contributed by atoms with E-state index >= 15 is 0 Å². The number of nitrogens with one attached hydrogen (secondary N) is 2. The first-order valence-corrected chi connectivity index (χ1v) is 6.82. The lowest BCUT2D eigenvalue weighted by Crippen LogP contribution is -2.34. The predicted octanol–water partition coefficient (Wildman–Crippen LogP) is 1.47. The van der Waals surface area contributed by atoms with Gasteiger partial charge in [0.2, 0.25) is 0 Å². The molecule has 3 rings (SSSR count). The molecule has 0 bridgehead atoms. The van der Waals surface area contributed by atoms with Gasteiger partial charge in [0.05, 0.1) is 6.10 Å². The molecule has 5 nitrogen and oxygen atoms in total. The lowest BCUT2D eigenvalue weighted by molar-refractivity contribution is 0.0901. The van der Waals surface area contributed by atoms with Gasteiger partial charge < -0.3 is 20.2 Å². The molecule has 3 N–H and O–H groups in total. The average molecular weight is 311 g/mol. The van der Waals surface area contributed by atoms with Crippen LogP contribution in [-0.2, 0) is 0 Å². The van der Waals surface area contributed by atoms with Crippen LogP contribution in [-0.4, -0.2) is 36.8 Å². The van der Waals surface area contributed by atoms with E-state index in [1.54, 1.807) is 0 Å². The van der Waals surface area contributed by atoms with Crippen LogP contribution in [0.4, 0.5) is 0 Å². The summed E-state index contributed by atoms with van der Waals surface area (Å²) in [5.74, 6) is 0.188. The number of benzene rings is 1. The van der Waals surface area contributed by atoms with Gasteiger partial charge in [-0.3, -0.25) is 4.79 Å². The van der Waals surface area contributed by atoms with Gasteiger partial charge in [0.25, 0.3) is 5.91 Å². The van der Waals surface area contributed by atoms with Crippen LogP contribution < -0.4 is 10.6 Å². The van der Waals surface area contributed by atoms with Crippen molar-refractivity contribution in [3.05, 3.63) is 35.6 Å². The van der Waals surface area contributed by atoms with Crippen LogP contribution >= 0.6 is 12.4 Å². The Morgan fingerprint density at radius 1 is 1.43 bits per heavy atom. The molecule has 114 valence electrons. The van der Waals surface area contributed by atoms with Gasteiger partial charge in [0, 0.05) is 36.5 Å². The third-order valence-electron chi connectivity index (χ3n) is 3.88. The van der Waals surface area contributed by atoms with E-state index < -0.39 is 6.10 Å². The number of para-hydroxylation sites is 1. The smallest absolute Gasteiger partial charge is 0.287 e. The standard InChI is InChI=1S/C15H18N2O3.ClH/c1-9-11-4-2-3-5-13(11)20-14(9)15(19)17-7-10-6-16-8-12(10)18;/h2-5,10,12,16,18H,6-8H2,1H3,(H,17,19);1H. The van der Waals surface area contributed by atoms with Crippen molar-refractivity contribution in [1.29, 1.82) is 0 Å². The van der Waals surface area contributed by atoms with E-state index in [9.17, 15) is 9.90 Å². The number of carbonyl (C=O) groups is 1. The average Bonchev–Trinajstić information content (AvgIpc) is 3.01. The summed E-state index contributed by atoms with van der Waals surface area (Å²) in [5.41, 5.74) is 1.57. The molecule has 1 aromatic carbocycles. The number of rotatable bonds is 3. The second-order valence-electron chi connectivity index (χ2n) is 5.25. The first-order chi connectivity index (χ1) is 9.66. The topological polar surface area (TPSA) is 74.5 Å². The Bertz CT molecular complexity index is 641. The minimum atomic E-state index is -0.396. The highest BCUT2D eigenvalue weighted by Gasteiger charge is 2.26. The molecular weight excluding hydrogens is 292 g/mol. The zero-order valence-electron chi connectivity index (χ0n) is 11.8. The number of hydrogen-bond acceptors (Lipinski definition) is 4. The number of β-amino-alcohol motifs (C(OH)–C–C–N with tert-alkyl or cyclic N) is 1. The van der Waals surface area contributed by atoms with Gasteiger partial charge in [-0.2, -0.15) is 0 Å². The number of aryl methyl sites for hydroxylation is 1. The Balaban J connectivity index is 0.00000161. The summed E-state index contributed by atoms with van der Waals surface area (Å²) < 4.78 is 5.61. The second-order valence-corrected chi connectivity index (χ2v) is 5.25. The zero-order chi connectivity index (χ0) is 14.1. The molecule has 1 aliphatic rings. The number of aliphatic hydroxyl groups excluding tert-OH is 1. The summed E-state index contributed by atoms with van der Waals surface area (Å²) in [4.78, 5) is 12.2. The fourth-order valence-corrected chi connectivity index (χ4v) is 2.62. The zero-order valence-corrected chi connectivity index (χ0v) is 12.6. The molecule has 2 unspecified atom stereocenters. The highest BCUT2D eigenvalue weighted by molar-refractivity contribution is 5.98. The van der Waals surface area contributed by atoms with Gasteiger partial charge in [-0.05, 0) is 13.0 Å². The molecule has 1 saturated heterocycles. The maximum Gasteiger partial charge on any atom is 0.287 e. The van der Waals surface area contributed by atoms with Crippen LogP contribution in [0.2, 0.25) is 0 Å². The molecule has 1 aromatic heterocycles. The molecule has 2 aromatic rings. The Morgan fingerprint density at radius 3 is 2.86 bits per heavy atom.